The van der Waals surface area contributed by atoms with E-state index in [0.717, 1.165) is 5.56 Å². The first-order chi connectivity index (χ1) is 8.61. The Hall–Kier alpha value is -1.94. The lowest BCUT2D eigenvalue weighted by atomic mass is 10.2. The molecule has 1 aromatic carbocycles. The molecule has 0 aliphatic carbocycles. The molecule has 4 nitrogen and oxygen atoms in total. The molecule has 94 valence electrons. The molecule has 5 heteroatoms. The number of nitrogens with two attached hydrogens (primary N) is 1. The summed E-state index contributed by atoms with van der Waals surface area (Å²) in [6, 6.07) is 9.05. The van der Waals surface area contributed by atoms with E-state index in [4.69, 9.17) is 22.1 Å². The average Bonchev–Trinajstić information content (AvgIpc) is 2.72. The number of ether oxygens (including phenoxy) is 1. The van der Waals surface area contributed by atoms with Crippen LogP contribution in [0.3, 0.4) is 0 Å². The Morgan fingerprint density at radius 2 is 2.17 bits per heavy atom. The van der Waals surface area contributed by atoms with E-state index in [1.54, 1.807) is 16.8 Å². The molecule has 0 bridgehead atoms. The van der Waals surface area contributed by atoms with Gasteiger partial charge in [0, 0.05) is 17.8 Å². The number of halogens is 1. The van der Waals surface area contributed by atoms with E-state index in [-0.39, 0.29) is 0 Å². The molecule has 1 aromatic heterocycles. The molecule has 2 N–H and O–H groups in total. The van der Waals surface area contributed by atoms with Crippen molar-refractivity contribution in [2.24, 2.45) is 0 Å². The van der Waals surface area contributed by atoms with E-state index >= 15 is 0 Å². The van der Waals surface area contributed by atoms with E-state index in [2.05, 4.69) is 0 Å². The first-order valence-corrected chi connectivity index (χ1v) is 5.77. The molecule has 0 amide bonds. The van der Waals surface area contributed by atoms with Crippen molar-refractivity contribution in [1.29, 1.82) is 0 Å². The second-order valence-electron chi connectivity index (χ2n) is 3.87. The van der Waals surface area contributed by atoms with Crippen LogP contribution in [0.1, 0.15) is 16.1 Å². The van der Waals surface area contributed by atoms with Crippen LogP contribution < -0.4 is 5.73 Å². The molecular formula is C13H13ClN2O2. The number of benzene rings is 1. The minimum absolute atomic E-state index is 0.412. The maximum atomic E-state index is 11.6. The van der Waals surface area contributed by atoms with E-state index in [1.165, 1.54) is 7.11 Å². The van der Waals surface area contributed by atoms with Crippen molar-refractivity contribution in [3.05, 3.63) is 52.8 Å². The molecule has 0 aliphatic heterocycles. The lowest BCUT2D eigenvalue weighted by molar-refractivity contribution is 0.0589. The molecule has 0 fully saturated rings. The highest BCUT2D eigenvalue weighted by Crippen LogP contribution is 2.19. The fraction of sp³-hybridized carbons (Fsp3) is 0.154. The van der Waals surface area contributed by atoms with Crippen molar-refractivity contribution in [2.75, 3.05) is 12.8 Å². The summed E-state index contributed by atoms with van der Waals surface area (Å²) < 4.78 is 6.43. The number of hydrogen-bond donors (Lipinski definition) is 1. The lowest BCUT2D eigenvalue weighted by Gasteiger charge is -2.08. The third kappa shape index (κ3) is 2.49. The second kappa shape index (κ2) is 5.14. The second-order valence-corrected chi connectivity index (χ2v) is 4.28. The van der Waals surface area contributed by atoms with Gasteiger partial charge in [-0.25, -0.2) is 4.79 Å². The van der Waals surface area contributed by atoms with Crippen LogP contribution in [0.25, 0.3) is 0 Å². The van der Waals surface area contributed by atoms with Crippen molar-refractivity contribution in [3.63, 3.8) is 0 Å². The van der Waals surface area contributed by atoms with Crippen LogP contribution in [0.2, 0.25) is 5.02 Å². The van der Waals surface area contributed by atoms with E-state index < -0.39 is 5.97 Å². The average molecular weight is 265 g/mol. The van der Waals surface area contributed by atoms with Crippen LogP contribution in [0.15, 0.2) is 36.5 Å². The number of hydrogen-bond acceptors (Lipinski definition) is 3. The molecule has 0 saturated carbocycles. The van der Waals surface area contributed by atoms with Crippen LogP contribution in [-0.4, -0.2) is 17.6 Å². The van der Waals surface area contributed by atoms with Gasteiger partial charge in [-0.15, -0.1) is 0 Å². The largest absolute Gasteiger partial charge is 0.464 e. The van der Waals surface area contributed by atoms with Crippen molar-refractivity contribution in [3.8, 4) is 0 Å². The summed E-state index contributed by atoms with van der Waals surface area (Å²) in [7, 11) is 1.34. The number of methoxy groups -OCH3 is 1. The highest BCUT2D eigenvalue weighted by Gasteiger charge is 2.14. The van der Waals surface area contributed by atoms with Gasteiger partial charge < -0.3 is 15.0 Å². The van der Waals surface area contributed by atoms with Crippen LogP contribution in [0, 0.1) is 0 Å². The summed E-state index contributed by atoms with van der Waals surface area (Å²) in [6.07, 6.45) is 1.69. The van der Waals surface area contributed by atoms with E-state index in [9.17, 15) is 4.79 Å². The molecule has 0 unspecified atom stereocenters. The topological polar surface area (TPSA) is 57.2 Å². The van der Waals surface area contributed by atoms with Crippen LogP contribution in [-0.2, 0) is 11.3 Å². The number of esters is 1. The summed E-state index contributed by atoms with van der Waals surface area (Å²) >= 11 is 6.09. The van der Waals surface area contributed by atoms with Crippen LogP contribution in [0.5, 0.6) is 0 Å². The monoisotopic (exact) mass is 264 g/mol. The Labute approximate surface area is 110 Å². The Kier molecular flexibility index (Phi) is 3.58. The minimum Gasteiger partial charge on any atom is -0.464 e. The van der Waals surface area contributed by atoms with E-state index in [1.807, 2.05) is 24.3 Å². The molecule has 0 atom stereocenters. The predicted octanol–water partition coefficient (Wildman–Crippen LogP) is 2.56. The van der Waals surface area contributed by atoms with Crippen molar-refractivity contribution in [2.45, 2.75) is 6.54 Å². The van der Waals surface area contributed by atoms with Gasteiger partial charge in [0.25, 0.3) is 0 Å². The zero-order chi connectivity index (χ0) is 13.1. The highest BCUT2D eigenvalue weighted by atomic mass is 35.5. The summed E-state index contributed by atoms with van der Waals surface area (Å²) in [6.45, 7) is 0.474. The summed E-state index contributed by atoms with van der Waals surface area (Å²) in [5.74, 6) is -0.418. The number of nitrogen functional groups attached to an aromatic ring is 1. The van der Waals surface area contributed by atoms with Gasteiger partial charge >= 0.3 is 5.97 Å². The third-order valence-electron chi connectivity index (χ3n) is 2.61. The number of carbonyl (C=O) groups excluding carboxylic acids is 1. The lowest BCUT2D eigenvalue weighted by Crippen LogP contribution is -2.10. The Morgan fingerprint density at radius 1 is 1.44 bits per heavy atom. The quantitative estimate of drug-likeness (QED) is 0.867. The first kappa shape index (κ1) is 12.5. The predicted molar refractivity (Wildman–Crippen MR) is 70.7 cm³/mol. The molecule has 0 aliphatic rings. The fourth-order valence-corrected chi connectivity index (χ4v) is 1.94. The fourth-order valence-electron chi connectivity index (χ4n) is 1.75. The molecule has 0 saturated heterocycles. The number of rotatable bonds is 3. The van der Waals surface area contributed by atoms with Crippen LogP contribution in [0.4, 0.5) is 5.69 Å². The van der Waals surface area contributed by atoms with Gasteiger partial charge in [-0.1, -0.05) is 29.8 Å². The van der Waals surface area contributed by atoms with Gasteiger partial charge in [-0.2, -0.15) is 0 Å². The van der Waals surface area contributed by atoms with Crippen LogP contribution >= 0.6 is 11.6 Å². The molecule has 0 radical (unpaired) electrons. The van der Waals surface area contributed by atoms with Crippen molar-refractivity contribution >= 4 is 23.3 Å². The number of anilines is 1. The third-order valence-corrected chi connectivity index (χ3v) is 2.98. The molecular weight excluding hydrogens is 252 g/mol. The summed E-state index contributed by atoms with van der Waals surface area (Å²) in [5.41, 5.74) is 7.55. The van der Waals surface area contributed by atoms with E-state index in [0.29, 0.717) is 22.9 Å². The number of carbonyl (C=O) groups is 1. The Morgan fingerprint density at radius 3 is 2.83 bits per heavy atom. The standard InChI is InChI=1S/C13H13ClN2O2/c1-18-13(17)12-6-10(15)8-16(12)7-9-4-2-3-5-11(9)14/h2-6,8H,7,15H2,1H3. The van der Waals surface area contributed by atoms with Gasteiger partial charge in [-0.3, -0.25) is 0 Å². The maximum Gasteiger partial charge on any atom is 0.354 e. The zero-order valence-electron chi connectivity index (χ0n) is 9.89. The van der Waals surface area contributed by atoms with Crippen molar-refractivity contribution in [1.82, 2.24) is 4.57 Å². The summed E-state index contributed by atoms with van der Waals surface area (Å²) in [5, 5.41) is 0.653. The van der Waals surface area contributed by atoms with Crippen molar-refractivity contribution < 1.29 is 9.53 Å². The number of aromatic nitrogens is 1. The number of nitrogens with zero attached hydrogens (tertiary/aromatic N) is 1. The molecule has 1 heterocycles. The highest BCUT2D eigenvalue weighted by molar-refractivity contribution is 6.31. The van der Waals surface area contributed by atoms with Gasteiger partial charge in [0.2, 0.25) is 0 Å². The molecule has 2 rings (SSSR count). The summed E-state index contributed by atoms with van der Waals surface area (Å²) in [4.78, 5) is 11.6. The first-order valence-electron chi connectivity index (χ1n) is 5.39. The maximum absolute atomic E-state index is 11.6. The SMILES string of the molecule is COC(=O)c1cc(N)cn1Cc1ccccc1Cl. The smallest absolute Gasteiger partial charge is 0.354 e. The zero-order valence-corrected chi connectivity index (χ0v) is 10.6. The molecule has 2 aromatic rings. The van der Waals surface area contributed by atoms with Gasteiger partial charge in [0.05, 0.1) is 12.8 Å². The van der Waals surface area contributed by atoms with Gasteiger partial charge in [-0.05, 0) is 17.7 Å². The Bertz CT molecular complexity index is 578. The Balaban J connectivity index is 2.35. The molecule has 0 spiro atoms. The minimum atomic E-state index is -0.418. The normalized spacial score (nSPS) is 10.3. The molecule has 18 heavy (non-hydrogen) atoms. The van der Waals surface area contributed by atoms with Gasteiger partial charge in [0.1, 0.15) is 5.69 Å². The van der Waals surface area contributed by atoms with Gasteiger partial charge in [0.15, 0.2) is 0 Å².